The zero-order valence-corrected chi connectivity index (χ0v) is 18.3. The highest BCUT2D eigenvalue weighted by molar-refractivity contribution is 8.00. The molecule has 158 valence electrons. The SMILES string of the molecule is COc1ccc(CCNC(=O)CSc2nc3c(cc2C#N)CN(C)CC3)cc1OC. The van der Waals surface area contributed by atoms with E-state index in [1.54, 1.807) is 14.2 Å². The monoisotopic (exact) mass is 426 g/mol. The number of carbonyl (C=O) groups excluding carboxylic acids is 1. The minimum Gasteiger partial charge on any atom is -0.493 e. The molecule has 0 radical (unpaired) electrons. The molecular formula is C22H26N4O3S. The van der Waals surface area contributed by atoms with E-state index in [-0.39, 0.29) is 11.7 Å². The van der Waals surface area contributed by atoms with Crippen molar-refractivity contribution in [3.63, 3.8) is 0 Å². The molecule has 0 spiro atoms. The van der Waals surface area contributed by atoms with Crippen molar-refractivity contribution >= 4 is 17.7 Å². The number of hydrogen-bond donors (Lipinski definition) is 1. The second-order valence-corrected chi connectivity index (χ2v) is 8.09. The highest BCUT2D eigenvalue weighted by Crippen LogP contribution is 2.28. The van der Waals surface area contributed by atoms with Gasteiger partial charge in [0.1, 0.15) is 11.1 Å². The summed E-state index contributed by atoms with van der Waals surface area (Å²) in [6.45, 7) is 2.27. The molecule has 1 aromatic carbocycles. The number of pyridine rings is 1. The molecule has 2 heterocycles. The van der Waals surface area contributed by atoms with E-state index in [1.807, 2.05) is 24.3 Å². The molecule has 7 nitrogen and oxygen atoms in total. The van der Waals surface area contributed by atoms with Crippen molar-refractivity contribution in [2.24, 2.45) is 0 Å². The summed E-state index contributed by atoms with van der Waals surface area (Å²) in [4.78, 5) is 19.1. The maximum atomic E-state index is 12.3. The molecule has 0 fully saturated rings. The fraction of sp³-hybridized carbons (Fsp3) is 0.409. The number of carbonyl (C=O) groups is 1. The minimum absolute atomic E-state index is 0.0800. The van der Waals surface area contributed by atoms with E-state index in [1.165, 1.54) is 11.8 Å². The maximum Gasteiger partial charge on any atom is 0.230 e. The van der Waals surface area contributed by atoms with Gasteiger partial charge in [-0.1, -0.05) is 17.8 Å². The number of nitrogens with one attached hydrogen (secondary N) is 1. The van der Waals surface area contributed by atoms with E-state index in [2.05, 4.69) is 28.3 Å². The number of rotatable bonds is 8. The Morgan fingerprint density at radius 3 is 2.83 bits per heavy atom. The molecule has 3 rings (SSSR count). The number of methoxy groups -OCH3 is 2. The average Bonchev–Trinajstić information content (AvgIpc) is 2.76. The molecule has 30 heavy (non-hydrogen) atoms. The first-order chi connectivity index (χ1) is 14.5. The Hall–Kier alpha value is -2.76. The molecule has 0 saturated heterocycles. The average molecular weight is 427 g/mol. The molecule has 2 aromatic rings. The van der Waals surface area contributed by atoms with Crippen LogP contribution in [0.4, 0.5) is 0 Å². The van der Waals surface area contributed by atoms with Gasteiger partial charge in [0.25, 0.3) is 0 Å². The first-order valence-electron chi connectivity index (χ1n) is 9.76. The van der Waals surface area contributed by atoms with Crippen molar-refractivity contribution < 1.29 is 14.3 Å². The topological polar surface area (TPSA) is 87.5 Å². The van der Waals surface area contributed by atoms with Crippen molar-refractivity contribution in [3.05, 3.63) is 46.6 Å². The van der Waals surface area contributed by atoms with E-state index in [0.717, 1.165) is 36.3 Å². The Bertz CT molecular complexity index is 958. The van der Waals surface area contributed by atoms with Crippen molar-refractivity contribution in [1.82, 2.24) is 15.2 Å². The van der Waals surface area contributed by atoms with Crippen LogP contribution in [0.3, 0.4) is 0 Å². The molecular weight excluding hydrogens is 400 g/mol. The molecule has 1 aromatic heterocycles. The Balaban J connectivity index is 1.52. The fourth-order valence-corrected chi connectivity index (χ4v) is 4.16. The lowest BCUT2D eigenvalue weighted by molar-refractivity contribution is -0.118. The molecule has 0 unspecified atom stereocenters. The quantitative estimate of drug-likeness (QED) is 0.649. The Labute approximate surface area is 181 Å². The Morgan fingerprint density at radius 2 is 2.10 bits per heavy atom. The molecule has 1 N–H and O–H groups in total. The third-order valence-electron chi connectivity index (χ3n) is 4.97. The van der Waals surface area contributed by atoms with Crippen LogP contribution in [0.1, 0.15) is 22.4 Å². The molecule has 1 aliphatic rings. The van der Waals surface area contributed by atoms with Gasteiger partial charge >= 0.3 is 0 Å². The van der Waals surface area contributed by atoms with E-state index >= 15 is 0 Å². The minimum atomic E-state index is -0.0800. The summed E-state index contributed by atoms with van der Waals surface area (Å²) in [5.41, 5.74) is 3.72. The van der Waals surface area contributed by atoms with Gasteiger partial charge < -0.3 is 19.7 Å². The number of benzene rings is 1. The third kappa shape index (κ3) is 5.43. The van der Waals surface area contributed by atoms with Gasteiger partial charge in [-0.05, 0) is 42.8 Å². The lowest BCUT2D eigenvalue weighted by Gasteiger charge is -2.24. The van der Waals surface area contributed by atoms with Crippen LogP contribution in [-0.2, 0) is 24.2 Å². The normalized spacial score (nSPS) is 13.3. The zero-order valence-electron chi connectivity index (χ0n) is 17.5. The van der Waals surface area contributed by atoms with Crippen LogP contribution in [0.15, 0.2) is 29.3 Å². The lowest BCUT2D eigenvalue weighted by Crippen LogP contribution is -2.28. The first kappa shape index (κ1) is 21.9. The second kappa shape index (κ2) is 10.3. The van der Waals surface area contributed by atoms with Crippen LogP contribution in [0.2, 0.25) is 0 Å². The summed E-state index contributed by atoms with van der Waals surface area (Å²) in [6, 6.07) is 9.85. The maximum absolute atomic E-state index is 12.3. The van der Waals surface area contributed by atoms with Crippen LogP contribution >= 0.6 is 11.8 Å². The van der Waals surface area contributed by atoms with Gasteiger partial charge in [0, 0.05) is 31.7 Å². The molecule has 0 aliphatic carbocycles. The van der Waals surface area contributed by atoms with Gasteiger partial charge in [-0.15, -0.1) is 0 Å². The van der Waals surface area contributed by atoms with Crippen LogP contribution in [0, 0.1) is 11.3 Å². The van der Waals surface area contributed by atoms with Crippen LogP contribution < -0.4 is 14.8 Å². The van der Waals surface area contributed by atoms with Gasteiger partial charge in [0.15, 0.2) is 11.5 Å². The first-order valence-corrected chi connectivity index (χ1v) is 10.7. The summed E-state index contributed by atoms with van der Waals surface area (Å²) in [6.07, 6.45) is 1.55. The summed E-state index contributed by atoms with van der Waals surface area (Å²) in [5, 5.41) is 13.0. The largest absolute Gasteiger partial charge is 0.493 e. The van der Waals surface area contributed by atoms with E-state index in [4.69, 9.17) is 9.47 Å². The van der Waals surface area contributed by atoms with Crippen molar-refractivity contribution in [2.75, 3.05) is 40.1 Å². The lowest BCUT2D eigenvalue weighted by atomic mass is 10.0. The molecule has 1 amide bonds. The van der Waals surface area contributed by atoms with E-state index in [9.17, 15) is 10.1 Å². The molecule has 0 bridgehead atoms. The van der Waals surface area contributed by atoms with Crippen LogP contribution in [0.25, 0.3) is 0 Å². The second-order valence-electron chi connectivity index (χ2n) is 7.12. The van der Waals surface area contributed by atoms with Crippen LogP contribution in [-0.4, -0.2) is 55.9 Å². The number of nitriles is 1. The van der Waals surface area contributed by atoms with E-state index in [0.29, 0.717) is 35.1 Å². The summed E-state index contributed by atoms with van der Waals surface area (Å²) >= 11 is 1.31. The van der Waals surface area contributed by atoms with Crippen LogP contribution in [0.5, 0.6) is 11.5 Å². The fourth-order valence-electron chi connectivity index (χ4n) is 3.35. The highest BCUT2D eigenvalue weighted by Gasteiger charge is 2.18. The summed E-state index contributed by atoms with van der Waals surface area (Å²) in [5.74, 6) is 1.50. The van der Waals surface area contributed by atoms with E-state index < -0.39 is 0 Å². The predicted octanol–water partition coefficient (Wildman–Crippen LogP) is 2.41. The smallest absolute Gasteiger partial charge is 0.230 e. The van der Waals surface area contributed by atoms with Gasteiger partial charge in [-0.25, -0.2) is 4.98 Å². The number of likely N-dealkylation sites (N-methyl/N-ethyl adjacent to an activating group) is 1. The Kier molecular flexibility index (Phi) is 7.55. The van der Waals surface area contributed by atoms with Gasteiger partial charge in [0.05, 0.1) is 25.5 Å². The zero-order chi connectivity index (χ0) is 21.5. The number of hydrogen-bond acceptors (Lipinski definition) is 7. The van der Waals surface area contributed by atoms with Crippen molar-refractivity contribution in [1.29, 1.82) is 5.26 Å². The number of ether oxygens (including phenoxy) is 2. The Morgan fingerprint density at radius 1 is 1.30 bits per heavy atom. The highest BCUT2D eigenvalue weighted by atomic mass is 32.2. The number of fused-ring (bicyclic) bond motifs is 1. The number of thioether (sulfide) groups is 1. The van der Waals surface area contributed by atoms with Gasteiger partial charge in [-0.2, -0.15) is 5.26 Å². The third-order valence-corrected chi connectivity index (χ3v) is 5.96. The summed E-state index contributed by atoms with van der Waals surface area (Å²) in [7, 11) is 5.26. The molecule has 8 heteroatoms. The number of aromatic nitrogens is 1. The molecule has 1 aliphatic heterocycles. The number of amides is 1. The number of nitrogens with zero attached hydrogens (tertiary/aromatic N) is 3. The van der Waals surface area contributed by atoms with Gasteiger partial charge in [0.2, 0.25) is 5.91 Å². The molecule has 0 saturated carbocycles. The van der Waals surface area contributed by atoms with Gasteiger partial charge in [-0.3, -0.25) is 4.79 Å². The summed E-state index contributed by atoms with van der Waals surface area (Å²) < 4.78 is 10.5. The molecule has 0 atom stereocenters. The van der Waals surface area contributed by atoms with Crippen molar-refractivity contribution in [2.45, 2.75) is 24.4 Å². The van der Waals surface area contributed by atoms with Crippen molar-refractivity contribution in [3.8, 4) is 17.6 Å². The predicted molar refractivity (Wildman–Crippen MR) is 116 cm³/mol. The standard InChI is InChI=1S/C22H26N4O3S/c1-26-9-7-18-17(13-26)11-16(12-23)22(25-18)30-14-21(27)24-8-6-15-4-5-19(28-2)20(10-15)29-3/h4-5,10-11H,6-9,13-14H2,1-3H3,(H,24,27).